The van der Waals surface area contributed by atoms with E-state index in [1.165, 1.54) is 18.3 Å². The van der Waals surface area contributed by atoms with Crippen LogP contribution in [0.1, 0.15) is 13.8 Å². The van der Waals surface area contributed by atoms with E-state index in [1.54, 1.807) is 0 Å². The van der Waals surface area contributed by atoms with Crippen molar-refractivity contribution in [3.8, 4) is 0 Å². The van der Waals surface area contributed by atoms with Crippen LogP contribution in [-0.2, 0) is 4.74 Å². The normalized spacial score (nSPS) is 12.1. The highest BCUT2D eigenvalue weighted by molar-refractivity contribution is 5.44. The minimum atomic E-state index is -0.444. The first kappa shape index (κ1) is 12.4. The molecule has 1 unspecified atom stereocenters. The topological polar surface area (TPSA) is 77.3 Å². The fourth-order valence-corrected chi connectivity index (χ4v) is 1.20. The minimum absolute atomic E-state index is 0.0288. The maximum absolute atomic E-state index is 10.5. The molecule has 88 valence electrons. The number of nitrogens with zero attached hydrogens (tertiary/aromatic N) is 2. The third kappa shape index (κ3) is 3.82. The van der Waals surface area contributed by atoms with Crippen molar-refractivity contribution in [3.05, 3.63) is 28.4 Å². The molecule has 0 aliphatic heterocycles. The first-order valence-corrected chi connectivity index (χ1v) is 5.08. The van der Waals surface area contributed by atoms with Gasteiger partial charge in [-0.2, -0.15) is 0 Å². The number of rotatable bonds is 6. The highest BCUT2D eigenvalue weighted by Gasteiger charge is 2.08. The maximum atomic E-state index is 10.5. The molecule has 0 radical (unpaired) electrons. The molecule has 0 aliphatic rings. The molecule has 16 heavy (non-hydrogen) atoms. The number of ether oxygens (including phenoxy) is 1. The Labute approximate surface area is 93.8 Å². The summed E-state index contributed by atoms with van der Waals surface area (Å²) in [6, 6.07) is 2.83. The Hall–Kier alpha value is -1.69. The molecule has 6 heteroatoms. The number of pyridine rings is 1. The van der Waals surface area contributed by atoms with Crippen molar-refractivity contribution in [2.75, 3.05) is 18.5 Å². The van der Waals surface area contributed by atoms with Crippen molar-refractivity contribution in [1.29, 1.82) is 0 Å². The second kappa shape index (κ2) is 6.02. The van der Waals surface area contributed by atoms with E-state index in [4.69, 9.17) is 4.74 Å². The summed E-state index contributed by atoms with van der Waals surface area (Å²) in [5.41, 5.74) is 0.0288. The van der Waals surface area contributed by atoms with Crippen molar-refractivity contribution < 1.29 is 9.66 Å². The van der Waals surface area contributed by atoms with Gasteiger partial charge >= 0.3 is 0 Å². The van der Waals surface area contributed by atoms with E-state index in [1.807, 2.05) is 13.8 Å². The lowest BCUT2D eigenvalue weighted by molar-refractivity contribution is -0.384. The van der Waals surface area contributed by atoms with Gasteiger partial charge in [0.1, 0.15) is 5.82 Å². The Morgan fingerprint density at radius 3 is 3.06 bits per heavy atom. The molecule has 1 rings (SSSR count). The molecule has 1 heterocycles. The first-order valence-electron chi connectivity index (χ1n) is 5.08. The SMILES string of the molecule is CCOCC(C)Nc1cc([N+](=O)[O-])ccn1. The van der Waals surface area contributed by atoms with Crippen molar-refractivity contribution in [1.82, 2.24) is 4.98 Å². The highest BCUT2D eigenvalue weighted by atomic mass is 16.6. The molecule has 0 bridgehead atoms. The van der Waals surface area contributed by atoms with Gasteiger partial charge in [0.25, 0.3) is 5.69 Å². The van der Waals surface area contributed by atoms with Crippen LogP contribution in [0.2, 0.25) is 0 Å². The van der Waals surface area contributed by atoms with Gasteiger partial charge in [-0.3, -0.25) is 10.1 Å². The van der Waals surface area contributed by atoms with Gasteiger partial charge in [0, 0.05) is 24.9 Å². The molecule has 1 N–H and O–H groups in total. The lowest BCUT2D eigenvalue weighted by Gasteiger charge is -2.13. The zero-order valence-corrected chi connectivity index (χ0v) is 9.34. The second-order valence-electron chi connectivity index (χ2n) is 3.36. The summed E-state index contributed by atoms with van der Waals surface area (Å²) in [7, 11) is 0. The predicted molar refractivity (Wildman–Crippen MR) is 60.5 cm³/mol. The molecule has 1 aromatic heterocycles. The van der Waals surface area contributed by atoms with Crippen LogP contribution in [0.15, 0.2) is 18.3 Å². The highest BCUT2D eigenvalue weighted by Crippen LogP contribution is 2.14. The predicted octanol–water partition coefficient (Wildman–Crippen LogP) is 1.83. The van der Waals surface area contributed by atoms with E-state index in [-0.39, 0.29) is 11.7 Å². The molecule has 0 amide bonds. The Balaban J connectivity index is 2.59. The van der Waals surface area contributed by atoms with Gasteiger partial charge in [0.2, 0.25) is 0 Å². The molecule has 0 fully saturated rings. The van der Waals surface area contributed by atoms with Crippen LogP contribution in [0.3, 0.4) is 0 Å². The number of aromatic nitrogens is 1. The monoisotopic (exact) mass is 225 g/mol. The average Bonchev–Trinajstić information content (AvgIpc) is 2.26. The third-order valence-corrected chi connectivity index (χ3v) is 1.92. The van der Waals surface area contributed by atoms with Gasteiger partial charge in [-0.15, -0.1) is 0 Å². The largest absolute Gasteiger partial charge is 0.380 e. The van der Waals surface area contributed by atoms with Crippen LogP contribution in [0.25, 0.3) is 0 Å². The number of nitrogens with one attached hydrogen (secondary N) is 1. The number of nitro groups is 1. The van der Waals surface area contributed by atoms with Crippen LogP contribution < -0.4 is 5.32 Å². The second-order valence-corrected chi connectivity index (χ2v) is 3.36. The van der Waals surface area contributed by atoms with Crippen LogP contribution in [0, 0.1) is 10.1 Å². The van der Waals surface area contributed by atoms with Crippen molar-refractivity contribution >= 4 is 11.5 Å². The molecule has 0 saturated carbocycles. The van der Waals surface area contributed by atoms with Gasteiger partial charge < -0.3 is 10.1 Å². The fourth-order valence-electron chi connectivity index (χ4n) is 1.20. The van der Waals surface area contributed by atoms with E-state index >= 15 is 0 Å². The summed E-state index contributed by atoms with van der Waals surface area (Å²) in [6.45, 7) is 5.03. The molecule has 1 aromatic rings. The summed E-state index contributed by atoms with van der Waals surface area (Å²) in [4.78, 5) is 14.1. The number of hydrogen-bond donors (Lipinski definition) is 1. The molecule has 0 aliphatic carbocycles. The minimum Gasteiger partial charge on any atom is -0.380 e. The van der Waals surface area contributed by atoms with E-state index in [0.29, 0.717) is 19.0 Å². The van der Waals surface area contributed by atoms with Gasteiger partial charge in [0.15, 0.2) is 0 Å². The summed E-state index contributed by atoms with van der Waals surface area (Å²) >= 11 is 0. The van der Waals surface area contributed by atoms with Crippen LogP contribution in [-0.4, -0.2) is 29.2 Å². The molecule has 0 saturated heterocycles. The Morgan fingerprint density at radius 1 is 1.69 bits per heavy atom. The van der Waals surface area contributed by atoms with E-state index in [2.05, 4.69) is 10.3 Å². The summed E-state index contributed by atoms with van der Waals surface area (Å²) < 4.78 is 5.22. The van der Waals surface area contributed by atoms with Crippen LogP contribution in [0.5, 0.6) is 0 Å². The standard InChI is InChI=1S/C10H15N3O3/c1-3-16-7-8(2)12-10-6-9(13(14)15)4-5-11-10/h4-6,8H,3,7H2,1-2H3,(H,11,12). The number of hydrogen-bond acceptors (Lipinski definition) is 5. The quantitative estimate of drug-likeness (QED) is 0.590. The smallest absolute Gasteiger partial charge is 0.274 e. The lowest BCUT2D eigenvalue weighted by atomic mass is 10.3. The summed E-state index contributed by atoms with van der Waals surface area (Å²) in [6.07, 6.45) is 1.41. The van der Waals surface area contributed by atoms with Gasteiger partial charge in [-0.1, -0.05) is 0 Å². The van der Waals surface area contributed by atoms with E-state index < -0.39 is 4.92 Å². The molecule has 0 aromatic carbocycles. The fraction of sp³-hybridized carbons (Fsp3) is 0.500. The Kier molecular flexibility index (Phi) is 4.65. The van der Waals surface area contributed by atoms with Crippen LogP contribution in [0.4, 0.5) is 11.5 Å². The van der Waals surface area contributed by atoms with Crippen molar-refractivity contribution in [3.63, 3.8) is 0 Å². The Morgan fingerprint density at radius 2 is 2.44 bits per heavy atom. The third-order valence-electron chi connectivity index (χ3n) is 1.92. The number of anilines is 1. The van der Waals surface area contributed by atoms with Gasteiger partial charge in [-0.25, -0.2) is 4.98 Å². The van der Waals surface area contributed by atoms with E-state index in [0.717, 1.165) is 0 Å². The van der Waals surface area contributed by atoms with Crippen molar-refractivity contribution in [2.45, 2.75) is 19.9 Å². The zero-order valence-electron chi connectivity index (χ0n) is 9.34. The molecule has 0 spiro atoms. The van der Waals surface area contributed by atoms with E-state index in [9.17, 15) is 10.1 Å². The first-order chi connectivity index (χ1) is 7.63. The average molecular weight is 225 g/mol. The summed E-state index contributed by atoms with van der Waals surface area (Å²) in [5, 5.41) is 13.6. The zero-order chi connectivity index (χ0) is 12.0. The molecule has 6 nitrogen and oxygen atoms in total. The molecular formula is C10H15N3O3. The van der Waals surface area contributed by atoms with Crippen LogP contribution >= 0.6 is 0 Å². The maximum Gasteiger partial charge on any atom is 0.274 e. The Bertz CT molecular complexity index is 357. The summed E-state index contributed by atoms with van der Waals surface area (Å²) in [5.74, 6) is 0.487. The molecule has 1 atom stereocenters. The van der Waals surface area contributed by atoms with Gasteiger partial charge in [-0.05, 0) is 13.8 Å². The molecular weight excluding hydrogens is 210 g/mol. The lowest BCUT2D eigenvalue weighted by Crippen LogP contribution is -2.22. The van der Waals surface area contributed by atoms with Crippen molar-refractivity contribution in [2.24, 2.45) is 0 Å². The van der Waals surface area contributed by atoms with Gasteiger partial charge in [0.05, 0.1) is 17.6 Å².